The molecule has 0 aliphatic heterocycles. The second-order valence-electron chi connectivity index (χ2n) is 4.22. The van der Waals surface area contributed by atoms with Gasteiger partial charge in [0.05, 0.1) is 0 Å². The number of hydrogen-bond acceptors (Lipinski definition) is 2. The van der Waals surface area contributed by atoms with E-state index in [1.165, 1.54) is 12.1 Å². The Morgan fingerprint density at radius 1 is 1.31 bits per heavy atom. The van der Waals surface area contributed by atoms with Crippen LogP contribution in [0.2, 0.25) is 0 Å². The number of rotatable bonds is 6. The maximum Gasteiger partial charge on any atom is 0.123 e. The summed E-state index contributed by atoms with van der Waals surface area (Å²) in [5, 5.41) is 3.28. The van der Waals surface area contributed by atoms with Gasteiger partial charge in [0, 0.05) is 19.1 Å². The van der Waals surface area contributed by atoms with Crippen molar-refractivity contribution in [2.24, 2.45) is 0 Å². The van der Waals surface area contributed by atoms with Crippen LogP contribution in [0.25, 0.3) is 0 Å². The number of halogens is 1. The molecule has 1 rings (SSSR count). The van der Waals surface area contributed by atoms with Gasteiger partial charge in [-0.15, -0.1) is 0 Å². The van der Waals surface area contributed by atoms with Gasteiger partial charge in [0.15, 0.2) is 0 Å². The Kier molecular flexibility index (Phi) is 5.43. The first-order valence-corrected chi connectivity index (χ1v) is 5.76. The minimum absolute atomic E-state index is 0.173. The zero-order chi connectivity index (χ0) is 12.0. The predicted octanol–water partition coefficient (Wildman–Crippen LogP) is 2.26. The summed E-state index contributed by atoms with van der Waals surface area (Å²) in [6.45, 7) is 4.04. The summed E-state index contributed by atoms with van der Waals surface area (Å²) in [4.78, 5) is 2.25. The van der Waals surface area contributed by atoms with E-state index in [9.17, 15) is 4.39 Å². The maximum atomic E-state index is 12.7. The largest absolute Gasteiger partial charge is 0.316 e. The molecular formula is C13H21FN2. The van der Waals surface area contributed by atoms with Gasteiger partial charge in [-0.1, -0.05) is 19.1 Å². The lowest BCUT2D eigenvalue weighted by atomic mass is 10.2. The van der Waals surface area contributed by atoms with Crippen LogP contribution in [0, 0.1) is 5.82 Å². The highest BCUT2D eigenvalue weighted by atomic mass is 19.1. The van der Waals surface area contributed by atoms with Crippen molar-refractivity contribution < 1.29 is 4.39 Å². The van der Waals surface area contributed by atoms with E-state index in [-0.39, 0.29) is 5.82 Å². The van der Waals surface area contributed by atoms with Crippen LogP contribution in [0.1, 0.15) is 18.9 Å². The summed E-state index contributed by atoms with van der Waals surface area (Å²) in [5.74, 6) is -0.173. The lowest BCUT2D eigenvalue weighted by Crippen LogP contribution is -2.36. The lowest BCUT2D eigenvalue weighted by Gasteiger charge is -2.22. The van der Waals surface area contributed by atoms with E-state index in [0.29, 0.717) is 6.04 Å². The Bertz CT molecular complexity index is 293. The molecule has 0 aromatic heterocycles. The third-order valence-electron chi connectivity index (χ3n) is 2.80. The number of nitrogens with one attached hydrogen (secondary N) is 1. The van der Waals surface area contributed by atoms with Gasteiger partial charge in [0.2, 0.25) is 0 Å². The number of benzene rings is 1. The Morgan fingerprint density at radius 2 is 1.94 bits per heavy atom. The summed E-state index contributed by atoms with van der Waals surface area (Å²) >= 11 is 0. The molecule has 1 N–H and O–H groups in total. The molecule has 0 fully saturated rings. The van der Waals surface area contributed by atoms with Crippen LogP contribution < -0.4 is 5.32 Å². The molecule has 0 aliphatic rings. The van der Waals surface area contributed by atoms with Gasteiger partial charge in [0.25, 0.3) is 0 Å². The molecule has 0 aliphatic carbocycles. The van der Waals surface area contributed by atoms with Crippen molar-refractivity contribution in [3.05, 3.63) is 35.6 Å². The Labute approximate surface area is 97.5 Å². The summed E-state index contributed by atoms with van der Waals surface area (Å²) in [7, 11) is 4.07. The smallest absolute Gasteiger partial charge is 0.123 e. The van der Waals surface area contributed by atoms with Crippen LogP contribution in [0.5, 0.6) is 0 Å². The van der Waals surface area contributed by atoms with E-state index < -0.39 is 0 Å². The molecule has 0 saturated carbocycles. The maximum absolute atomic E-state index is 12.7. The normalized spacial score (nSPS) is 13.1. The molecule has 2 nitrogen and oxygen atoms in total. The first-order valence-electron chi connectivity index (χ1n) is 5.76. The molecule has 1 atom stereocenters. The monoisotopic (exact) mass is 224 g/mol. The fraction of sp³-hybridized carbons (Fsp3) is 0.538. The molecule has 0 amide bonds. The van der Waals surface area contributed by atoms with Gasteiger partial charge in [-0.05, 0) is 38.2 Å². The first-order chi connectivity index (χ1) is 7.65. The van der Waals surface area contributed by atoms with Crippen molar-refractivity contribution in [2.75, 3.05) is 20.6 Å². The Hall–Kier alpha value is -0.930. The number of hydrogen-bond donors (Lipinski definition) is 1. The minimum atomic E-state index is -0.173. The minimum Gasteiger partial charge on any atom is -0.316 e. The second-order valence-corrected chi connectivity index (χ2v) is 4.22. The summed E-state index contributed by atoms with van der Waals surface area (Å²) in [5.41, 5.74) is 1.15. The van der Waals surface area contributed by atoms with Gasteiger partial charge >= 0.3 is 0 Å². The van der Waals surface area contributed by atoms with Crippen molar-refractivity contribution in [1.82, 2.24) is 10.2 Å². The standard InChI is InChI=1S/C13H21FN2/c1-4-13(15-2)10-16(3)9-11-5-7-12(14)8-6-11/h5-8,13,15H,4,9-10H2,1-3H3. The van der Waals surface area contributed by atoms with Crippen molar-refractivity contribution >= 4 is 0 Å². The highest BCUT2D eigenvalue weighted by Gasteiger charge is 2.07. The molecular weight excluding hydrogens is 203 g/mol. The lowest BCUT2D eigenvalue weighted by molar-refractivity contribution is 0.284. The van der Waals surface area contributed by atoms with E-state index in [1.807, 2.05) is 19.2 Å². The molecule has 0 saturated heterocycles. The van der Waals surface area contributed by atoms with Crippen LogP contribution in [0.3, 0.4) is 0 Å². The first kappa shape index (κ1) is 13.1. The van der Waals surface area contributed by atoms with Crippen LogP contribution in [0.15, 0.2) is 24.3 Å². The zero-order valence-electron chi connectivity index (χ0n) is 10.3. The zero-order valence-corrected chi connectivity index (χ0v) is 10.3. The highest BCUT2D eigenvalue weighted by Crippen LogP contribution is 2.06. The summed E-state index contributed by atoms with van der Waals surface area (Å²) in [6, 6.07) is 7.22. The summed E-state index contributed by atoms with van der Waals surface area (Å²) in [6.07, 6.45) is 1.12. The van der Waals surface area contributed by atoms with Crippen molar-refractivity contribution in [1.29, 1.82) is 0 Å². The molecule has 1 aromatic rings. The van der Waals surface area contributed by atoms with E-state index in [0.717, 1.165) is 25.1 Å². The molecule has 90 valence electrons. The number of likely N-dealkylation sites (N-methyl/N-ethyl adjacent to an activating group) is 2. The second kappa shape index (κ2) is 6.61. The van der Waals surface area contributed by atoms with Crippen LogP contribution in [-0.4, -0.2) is 31.6 Å². The molecule has 1 aromatic carbocycles. The van der Waals surface area contributed by atoms with E-state index in [2.05, 4.69) is 24.2 Å². The quantitative estimate of drug-likeness (QED) is 0.797. The van der Waals surface area contributed by atoms with E-state index in [1.54, 1.807) is 0 Å². The van der Waals surface area contributed by atoms with Gasteiger partial charge in [-0.3, -0.25) is 0 Å². The third kappa shape index (κ3) is 4.29. The molecule has 0 radical (unpaired) electrons. The number of nitrogens with zero attached hydrogens (tertiary/aromatic N) is 1. The highest BCUT2D eigenvalue weighted by molar-refractivity contribution is 5.15. The van der Waals surface area contributed by atoms with E-state index >= 15 is 0 Å². The molecule has 0 bridgehead atoms. The van der Waals surface area contributed by atoms with Gasteiger partial charge in [-0.25, -0.2) is 4.39 Å². The van der Waals surface area contributed by atoms with E-state index in [4.69, 9.17) is 0 Å². The van der Waals surface area contributed by atoms with Crippen molar-refractivity contribution in [2.45, 2.75) is 25.9 Å². The Morgan fingerprint density at radius 3 is 2.44 bits per heavy atom. The SMILES string of the molecule is CCC(CN(C)Cc1ccc(F)cc1)NC. The topological polar surface area (TPSA) is 15.3 Å². The van der Waals surface area contributed by atoms with Crippen LogP contribution in [0.4, 0.5) is 4.39 Å². The molecule has 16 heavy (non-hydrogen) atoms. The van der Waals surface area contributed by atoms with Crippen molar-refractivity contribution in [3.8, 4) is 0 Å². The third-order valence-corrected chi connectivity index (χ3v) is 2.80. The fourth-order valence-corrected chi connectivity index (χ4v) is 1.77. The molecule has 0 spiro atoms. The van der Waals surface area contributed by atoms with Crippen LogP contribution >= 0.6 is 0 Å². The summed E-state index contributed by atoms with van der Waals surface area (Å²) < 4.78 is 12.7. The average Bonchev–Trinajstić information content (AvgIpc) is 2.29. The predicted molar refractivity (Wildman–Crippen MR) is 65.9 cm³/mol. The van der Waals surface area contributed by atoms with Gasteiger partial charge < -0.3 is 10.2 Å². The molecule has 0 heterocycles. The molecule has 3 heteroatoms. The van der Waals surface area contributed by atoms with Crippen LogP contribution in [-0.2, 0) is 6.54 Å². The van der Waals surface area contributed by atoms with Crippen molar-refractivity contribution in [3.63, 3.8) is 0 Å². The van der Waals surface area contributed by atoms with Gasteiger partial charge in [-0.2, -0.15) is 0 Å². The average molecular weight is 224 g/mol. The molecule has 1 unspecified atom stereocenters. The Balaban J connectivity index is 2.44. The van der Waals surface area contributed by atoms with Gasteiger partial charge in [0.1, 0.15) is 5.82 Å². The fourth-order valence-electron chi connectivity index (χ4n) is 1.77.